The lowest BCUT2D eigenvalue weighted by Crippen LogP contribution is -2.68. The van der Waals surface area contributed by atoms with E-state index in [-0.39, 0.29) is 11.5 Å². The fourth-order valence-electron chi connectivity index (χ4n) is 3.31. The van der Waals surface area contributed by atoms with Gasteiger partial charge in [0.25, 0.3) is 5.91 Å². The van der Waals surface area contributed by atoms with Gasteiger partial charge in [0.15, 0.2) is 0 Å². The number of nitrogens with zero attached hydrogens (tertiary/aromatic N) is 1. The van der Waals surface area contributed by atoms with Crippen LogP contribution in [0.25, 0.3) is 11.1 Å². The molecule has 1 amide bonds. The second-order valence-corrected chi connectivity index (χ2v) is 7.12. The molecule has 1 saturated heterocycles. The van der Waals surface area contributed by atoms with Crippen molar-refractivity contribution < 1.29 is 22.4 Å². The van der Waals surface area contributed by atoms with E-state index in [1.165, 1.54) is 24.3 Å². The van der Waals surface area contributed by atoms with Crippen LogP contribution in [0.1, 0.15) is 28.8 Å². The standard InChI is InChI=1S/C21H20F4N2O/c1-2-3-10-20(26)12-27(13-20)19(28)15-6-4-14(5-7-15)17-9-8-16(11-18(17)22)21(23,24)25/h2,4-9,11H,1,3,10,12-13,26H2. The van der Waals surface area contributed by atoms with Crippen LogP contribution < -0.4 is 5.73 Å². The van der Waals surface area contributed by atoms with Crippen LogP contribution in [0.3, 0.4) is 0 Å². The number of halogens is 4. The molecule has 7 heteroatoms. The van der Waals surface area contributed by atoms with Gasteiger partial charge >= 0.3 is 6.18 Å². The van der Waals surface area contributed by atoms with Crippen LogP contribution in [0, 0.1) is 5.82 Å². The Kier molecular flexibility index (Phi) is 5.30. The third-order valence-electron chi connectivity index (χ3n) is 4.88. The van der Waals surface area contributed by atoms with Gasteiger partial charge < -0.3 is 10.6 Å². The molecule has 1 aliphatic rings. The van der Waals surface area contributed by atoms with Gasteiger partial charge in [0.2, 0.25) is 0 Å². The van der Waals surface area contributed by atoms with Gasteiger partial charge in [0.05, 0.1) is 11.1 Å². The van der Waals surface area contributed by atoms with E-state index in [0.29, 0.717) is 30.3 Å². The fourth-order valence-corrected chi connectivity index (χ4v) is 3.31. The average Bonchev–Trinajstić information content (AvgIpc) is 2.63. The third kappa shape index (κ3) is 4.09. The van der Waals surface area contributed by atoms with Gasteiger partial charge in [-0.25, -0.2) is 4.39 Å². The molecule has 0 unspecified atom stereocenters. The normalized spacial score (nSPS) is 15.8. The molecule has 1 heterocycles. The third-order valence-corrected chi connectivity index (χ3v) is 4.88. The molecule has 2 aromatic carbocycles. The highest BCUT2D eigenvalue weighted by Crippen LogP contribution is 2.33. The number of alkyl halides is 3. The van der Waals surface area contributed by atoms with Crippen LogP contribution in [0.5, 0.6) is 0 Å². The molecule has 3 nitrogen and oxygen atoms in total. The number of hydrogen-bond donors (Lipinski definition) is 1. The quantitative estimate of drug-likeness (QED) is 0.596. The number of hydrogen-bond acceptors (Lipinski definition) is 2. The monoisotopic (exact) mass is 392 g/mol. The number of amides is 1. The minimum atomic E-state index is -4.60. The molecule has 2 aromatic rings. The number of benzene rings is 2. The first kappa shape index (κ1) is 20.1. The molecule has 3 rings (SSSR count). The maximum absolute atomic E-state index is 14.1. The Morgan fingerprint density at radius 1 is 1.18 bits per heavy atom. The van der Waals surface area contributed by atoms with E-state index < -0.39 is 23.1 Å². The molecule has 2 N–H and O–H groups in total. The lowest BCUT2D eigenvalue weighted by atomic mass is 9.85. The Balaban J connectivity index is 1.71. The summed E-state index contributed by atoms with van der Waals surface area (Å²) in [7, 11) is 0. The first-order chi connectivity index (χ1) is 13.1. The molecule has 0 atom stereocenters. The van der Waals surface area contributed by atoms with Gasteiger partial charge in [0.1, 0.15) is 5.82 Å². The predicted molar refractivity (Wildman–Crippen MR) is 99.1 cm³/mol. The van der Waals surface area contributed by atoms with E-state index >= 15 is 0 Å². The highest BCUT2D eigenvalue weighted by Gasteiger charge is 2.41. The highest BCUT2D eigenvalue weighted by atomic mass is 19.4. The van der Waals surface area contributed by atoms with Crippen LogP contribution >= 0.6 is 0 Å². The van der Waals surface area contributed by atoms with Gasteiger partial charge in [-0.15, -0.1) is 6.58 Å². The van der Waals surface area contributed by atoms with E-state index in [2.05, 4.69) is 6.58 Å². The maximum atomic E-state index is 14.1. The first-order valence-corrected chi connectivity index (χ1v) is 8.79. The van der Waals surface area contributed by atoms with E-state index in [1.54, 1.807) is 11.0 Å². The number of nitrogens with two attached hydrogens (primary N) is 1. The molecule has 28 heavy (non-hydrogen) atoms. The van der Waals surface area contributed by atoms with E-state index in [9.17, 15) is 22.4 Å². The molecule has 0 aliphatic carbocycles. The van der Waals surface area contributed by atoms with E-state index in [0.717, 1.165) is 25.0 Å². The minimum absolute atomic E-state index is 0.0429. The Hall–Kier alpha value is -2.67. The molecule has 0 aromatic heterocycles. The van der Waals surface area contributed by atoms with Crippen LogP contribution in [0.2, 0.25) is 0 Å². The predicted octanol–water partition coefficient (Wildman–Crippen LogP) is 4.63. The number of rotatable bonds is 5. The molecule has 0 saturated carbocycles. The Bertz CT molecular complexity index is 884. The van der Waals surface area contributed by atoms with Crippen molar-refractivity contribution in [2.24, 2.45) is 5.73 Å². The summed E-state index contributed by atoms with van der Waals surface area (Å²) in [6.07, 6.45) is -1.27. The largest absolute Gasteiger partial charge is 0.416 e. The molecular weight excluding hydrogens is 372 g/mol. The second-order valence-electron chi connectivity index (χ2n) is 7.12. The van der Waals surface area contributed by atoms with Crippen molar-refractivity contribution in [3.8, 4) is 11.1 Å². The van der Waals surface area contributed by atoms with Crippen molar-refractivity contribution in [3.63, 3.8) is 0 Å². The SMILES string of the molecule is C=CCCC1(N)CN(C(=O)c2ccc(-c3ccc(C(F)(F)F)cc3F)cc2)C1. The molecular formula is C21H20F4N2O. The highest BCUT2D eigenvalue weighted by molar-refractivity contribution is 5.95. The summed E-state index contributed by atoms with van der Waals surface area (Å²) in [5.74, 6) is -1.15. The number of carbonyl (C=O) groups is 1. The van der Waals surface area contributed by atoms with E-state index in [4.69, 9.17) is 5.73 Å². The topological polar surface area (TPSA) is 46.3 Å². The zero-order chi connectivity index (χ0) is 20.5. The van der Waals surface area contributed by atoms with Gasteiger partial charge in [0, 0.05) is 24.2 Å². The summed E-state index contributed by atoms with van der Waals surface area (Å²) in [6.45, 7) is 4.57. The summed E-state index contributed by atoms with van der Waals surface area (Å²) < 4.78 is 52.1. The first-order valence-electron chi connectivity index (χ1n) is 8.79. The molecule has 0 bridgehead atoms. The van der Waals surface area contributed by atoms with Crippen LogP contribution in [0.4, 0.5) is 17.6 Å². The zero-order valence-corrected chi connectivity index (χ0v) is 15.1. The van der Waals surface area contributed by atoms with Crippen molar-refractivity contribution in [3.05, 3.63) is 72.1 Å². The summed E-state index contributed by atoms with van der Waals surface area (Å²) in [5, 5.41) is 0. The number of allylic oxidation sites excluding steroid dienone is 1. The Labute approximate surface area is 160 Å². The summed E-state index contributed by atoms with van der Waals surface area (Å²) in [6, 6.07) is 8.51. The molecule has 0 spiro atoms. The van der Waals surface area contributed by atoms with Crippen molar-refractivity contribution in [2.75, 3.05) is 13.1 Å². The van der Waals surface area contributed by atoms with Crippen LogP contribution in [-0.4, -0.2) is 29.4 Å². The van der Waals surface area contributed by atoms with Crippen molar-refractivity contribution in [2.45, 2.75) is 24.6 Å². The van der Waals surface area contributed by atoms with Crippen molar-refractivity contribution in [1.29, 1.82) is 0 Å². The summed E-state index contributed by atoms with van der Waals surface area (Å²) in [4.78, 5) is 14.1. The zero-order valence-electron chi connectivity index (χ0n) is 15.1. The van der Waals surface area contributed by atoms with Gasteiger partial charge in [-0.1, -0.05) is 24.3 Å². The molecule has 148 valence electrons. The minimum Gasteiger partial charge on any atom is -0.335 e. The molecule has 1 fully saturated rings. The van der Waals surface area contributed by atoms with Crippen molar-refractivity contribution in [1.82, 2.24) is 4.90 Å². The van der Waals surface area contributed by atoms with Gasteiger partial charge in [-0.2, -0.15) is 13.2 Å². The van der Waals surface area contributed by atoms with Crippen molar-refractivity contribution >= 4 is 5.91 Å². The second kappa shape index (κ2) is 7.39. The van der Waals surface area contributed by atoms with E-state index in [1.807, 2.05) is 0 Å². The number of carbonyl (C=O) groups excluding carboxylic acids is 1. The van der Waals surface area contributed by atoms with Crippen LogP contribution in [-0.2, 0) is 6.18 Å². The smallest absolute Gasteiger partial charge is 0.335 e. The number of likely N-dealkylation sites (tertiary alicyclic amines) is 1. The lowest BCUT2D eigenvalue weighted by Gasteiger charge is -2.47. The van der Waals surface area contributed by atoms with Crippen LogP contribution in [0.15, 0.2) is 55.1 Å². The maximum Gasteiger partial charge on any atom is 0.416 e. The Morgan fingerprint density at radius 3 is 2.36 bits per heavy atom. The average molecular weight is 392 g/mol. The lowest BCUT2D eigenvalue weighted by molar-refractivity contribution is -0.137. The van der Waals surface area contributed by atoms with Gasteiger partial charge in [-0.05, 0) is 42.7 Å². The molecule has 0 radical (unpaired) electrons. The molecule has 1 aliphatic heterocycles. The summed E-state index contributed by atoms with van der Waals surface area (Å²) in [5.41, 5.74) is 5.61. The summed E-state index contributed by atoms with van der Waals surface area (Å²) >= 11 is 0. The van der Waals surface area contributed by atoms with Gasteiger partial charge in [-0.3, -0.25) is 4.79 Å². The fraction of sp³-hybridized carbons (Fsp3) is 0.286. The Morgan fingerprint density at radius 2 is 1.82 bits per heavy atom.